The van der Waals surface area contributed by atoms with Gasteiger partial charge in [-0.25, -0.2) is 0 Å². The molecule has 4 aromatic carbocycles. The van der Waals surface area contributed by atoms with Crippen LogP contribution in [0.1, 0.15) is 42.5 Å². The fraction of sp³-hybridized carbons (Fsp3) is 0.226. The average molecular weight is 485 g/mol. The maximum atomic E-state index is 10.6. The Kier molecular flexibility index (Phi) is 7.39. The molecular weight excluding hydrogens is 452 g/mol. The van der Waals surface area contributed by atoms with Crippen LogP contribution in [0.25, 0.3) is 0 Å². The van der Waals surface area contributed by atoms with E-state index in [1.165, 1.54) is 0 Å². The molecule has 4 aromatic rings. The third-order valence-corrected chi connectivity index (χ3v) is 6.72. The largest absolute Gasteiger partial charge is 0.508 e. The molecule has 0 radical (unpaired) electrons. The van der Waals surface area contributed by atoms with Crippen molar-refractivity contribution in [2.24, 2.45) is 5.92 Å². The number of aromatic hydroxyl groups is 4. The van der Waals surface area contributed by atoms with Gasteiger partial charge in [0.2, 0.25) is 5.75 Å². The van der Waals surface area contributed by atoms with Crippen molar-refractivity contribution >= 4 is 0 Å². The number of rotatable bonds is 9. The Hall–Kier alpha value is -4.12. The van der Waals surface area contributed by atoms with Crippen molar-refractivity contribution in [2.45, 2.75) is 32.1 Å². The molecule has 0 saturated carbocycles. The van der Waals surface area contributed by atoms with E-state index in [9.17, 15) is 20.4 Å². The number of phenolic OH excluding ortho intramolecular Hbond substituents is 4. The van der Waals surface area contributed by atoms with Crippen LogP contribution in [0.2, 0.25) is 0 Å². The van der Waals surface area contributed by atoms with Crippen LogP contribution in [-0.4, -0.2) is 27.0 Å². The lowest BCUT2D eigenvalue weighted by atomic mass is 9.71. The van der Waals surface area contributed by atoms with Gasteiger partial charge in [-0.15, -0.1) is 0 Å². The number of hydrogen-bond donors (Lipinski definition) is 4. The van der Waals surface area contributed by atoms with Gasteiger partial charge in [-0.2, -0.15) is 0 Å². The van der Waals surface area contributed by atoms with Gasteiger partial charge in [0.1, 0.15) is 11.5 Å². The monoisotopic (exact) mass is 484 g/mol. The zero-order valence-electron chi connectivity index (χ0n) is 20.6. The van der Waals surface area contributed by atoms with Crippen LogP contribution < -0.4 is 4.74 Å². The highest BCUT2D eigenvalue weighted by molar-refractivity contribution is 5.55. The van der Waals surface area contributed by atoms with Gasteiger partial charge in [-0.3, -0.25) is 0 Å². The average Bonchev–Trinajstić information content (AvgIpc) is 2.87. The predicted octanol–water partition coefficient (Wildman–Crippen LogP) is 6.51. The third kappa shape index (κ3) is 5.57. The van der Waals surface area contributed by atoms with Crippen LogP contribution in [0.4, 0.5) is 0 Å². The van der Waals surface area contributed by atoms with Gasteiger partial charge in [0.25, 0.3) is 0 Å². The summed E-state index contributed by atoms with van der Waals surface area (Å²) in [7, 11) is 0. The first-order valence-corrected chi connectivity index (χ1v) is 12.1. The lowest BCUT2D eigenvalue weighted by molar-refractivity contribution is 0.223. The number of hydrogen-bond acceptors (Lipinski definition) is 5. The molecule has 0 saturated heterocycles. The molecule has 0 spiro atoms. The first-order chi connectivity index (χ1) is 17.3. The molecular formula is C31H32O5. The van der Waals surface area contributed by atoms with E-state index in [0.717, 1.165) is 16.7 Å². The van der Waals surface area contributed by atoms with Gasteiger partial charge in [-0.05, 0) is 59.4 Å². The van der Waals surface area contributed by atoms with Gasteiger partial charge in [-0.1, -0.05) is 74.5 Å². The first-order valence-electron chi connectivity index (χ1n) is 12.1. The number of benzene rings is 4. The van der Waals surface area contributed by atoms with Gasteiger partial charge in [0.15, 0.2) is 11.5 Å². The summed E-state index contributed by atoms with van der Waals surface area (Å²) in [5, 5.41) is 40.7. The summed E-state index contributed by atoms with van der Waals surface area (Å²) >= 11 is 0. The van der Waals surface area contributed by atoms with E-state index in [4.69, 9.17) is 4.74 Å². The van der Waals surface area contributed by atoms with Crippen LogP contribution >= 0.6 is 0 Å². The normalized spacial score (nSPS) is 12.3. The topological polar surface area (TPSA) is 90.2 Å². The summed E-state index contributed by atoms with van der Waals surface area (Å²) in [4.78, 5) is 0. The lowest BCUT2D eigenvalue weighted by Crippen LogP contribution is -2.28. The van der Waals surface area contributed by atoms with E-state index in [2.05, 4.69) is 13.8 Å². The fourth-order valence-corrected chi connectivity index (χ4v) is 4.73. The Labute approximate surface area is 211 Å². The van der Waals surface area contributed by atoms with E-state index in [0.29, 0.717) is 25.0 Å². The maximum absolute atomic E-state index is 10.6. The molecule has 0 fully saturated rings. The SMILES string of the molecule is CC(COc1ccc(Cc2ccccc2)c(O)c1O)CC(C)(c1ccc(O)cc1)c1ccc(O)cc1. The lowest BCUT2D eigenvalue weighted by Gasteiger charge is -2.34. The van der Waals surface area contributed by atoms with Gasteiger partial charge < -0.3 is 25.2 Å². The van der Waals surface area contributed by atoms with Crippen molar-refractivity contribution in [3.63, 3.8) is 0 Å². The molecule has 4 rings (SSSR count). The van der Waals surface area contributed by atoms with Crippen molar-refractivity contribution in [1.29, 1.82) is 0 Å². The van der Waals surface area contributed by atoms with E-state index < -0.39 is 5.41 Å². The molecule has 4 N–H and O–H groups in total. The summed E-state index contributed by atoms with van der Waals surface area (Å²) in [6.07, 6.45) is 1.22. The fourth-order valence-electron chi connectivity index (χ4n) is 4.73. The highest BCUT2D eigenvalue weighted by Crippen LogP contribution is 2.41. The third-order valence-electron chi connectivity index (χ3n) is 6.72. The summed E-state index contributed by atoms with van der Waals surface area (Å²) in [5.74, 6) is 0.302. The Morgan fingerprint density at radius 1 is 0.694 bits per heavy atom. The maximum Gasteiger partial charge on any atom is 0.200 e. The molecule has 0 aromatic heterocycles. The predicted molar refractivity (Wildman–Crippen MR) is 141 cm³/mol. The van der Waals surface area contributed by atoms with E-state index in [1.807, 2.05) is 54.6 Å². The first kappa shape index (κ1) is 25.0. The summed E-state index contributed by atoms with van der Waals surface area (Å²) in [5.41, 5.74) is 3.32. The molecule has 5 nitrogen and oxygen atoms in total. The zero-order valence-corrected chi connectivity index (χ0v) is 20.6. The van der Waals surface area contributed by atoms with Crippen LogP contribution in [-0.2, 0) is 11.8 Å². The van der Waals surface area contributed by atoms with Crippen LogP contribution in [0, 0.1) is 5.92 Å². The Morgan fingerprint density at radius 3 is 1.81 bits per heavy atom. The second kappa shape index (κ2) is 10.6. The van der Waals surface area contributed by atoms with Crippen molar-refractivity contribution in [2.75, 3.05) is 6.61 Å². The molecule has 1 unspecified atom stereocenters. The van der Waals surface area contributed by atoms with E-state index >= 15 is 0 Å². The number of phenols is 4. The molecule has 0 heterocycles. The van der Waals surface area contributed by atoms with Crippen LogP contribution in [0.3, 0.4) is 0 Å². The van der Waals surface area contributed by atoms with Crippen molar-refractivity contribution in [3.05, 3.63) is 113 Å². The molecule has 36 heavy (non-hydrogen) atoms. The summed E-state index contributed by atoms with van der Waals surface area (Å²) in [6, 6.07) is 27.6. The summed E-state index contributed by atoms with van der Waals surface area (Å²) in [6.45, 7) is 4.53. The van der Waals surface area contributed by atoms with Crippen LogP contribution in [0.5, 0.6) is 28.7 Å². The molecule has 0 aliphatic heterocycles. The molecule has 0 bridgehead atoms. The van der Waals surface area contributed by atoms with Gasteiger partial charge >= 0.3 is 0 Å². The second-order valence-electron chi connectivity index (χ2n) is 9.63. The Morgan fingerprint density at radius 2 is 1.25 bits per heavy atom. The van der Waals surface area contributed by atoms with Gasteiger partial charge in [0, 0.05) is 17.4 Å². The Balaban J connectivity index is 1.49. The molecule has 0 amide bonds. The summed E-state index contributed by atoms with van der Waals surface area (Å²) < 4.78 is 5.95. The van der Waals surface area contributed by atoms with E-state index in [1.54, 1.807) is 36.4 Å². The van der Waals surface area contributed by atoms with Crippen molar-refractivity contribution in [1.82, 2.24) is 0 Å². The number of ether oxygens (including phenoxy) is 1. The molecule has 186 valence electrons. The molecule has 5 heteroatoms. The van der Waals surface area contributed by atoms with Crippen molar-refractivity contribution in [3.8, 4) is 28.7 Å². The Bertz CT molecular complexity index is 1240. The zero-order chi connectivity index (χ0) is 25.7. The van der Waals surface area contributed by atoms with E-state index in [-0.39, 0.29) is 34.7 Å². The molecule has 0 aliphatic carbocycles. The molecule has 1 atom stereocenters. The highest BCUT2D eigenvalue weighted by atomic mass is 16.5. The molecule has 0 aliphatic rings. The quantitative estimate of drug-likeness (QED) is 0.203. The van der Waals surface area contributed by atoms with Crippen LogP contribution in [0.15, 0.2) is 91.0 Å². The standard InChI is InChI=1S/C31H32O5/c1-21(19-31(2,24-9-13-26(32)14-10-24)25-11-15-27(33)16-12-25)20-36-28-17-8-23(29(34)30(28)35)18-22-6-4-3-5-7-22/h3-17,21,32-35H,18-20H2,1-2H3. The minimum Gasteiger partial charge on any atom is -0.508 e. The van der Waals surface area contributed by atoms with Crippen molar-refractivity contribution < 1.29 is 25.2 Å². The minimum atomic E-state index is -0.409. The smallest absolute Gasteiger partial charge is 0.200 e. The van der Waals surface area contributed by atoms with Gasteiger partial charge in [0.05, 0.1) is 6.61 Å². The minimum absolute atomic E-state index is 0.0724. The second-order valence-corrected chi connectivity index (χ2v) is 9.63. The highest BCUT2D eigenvalue weighted by Gasteiger charge is 2.31.